The molecule has 7 heteroatoms. The number of ketones is 1. The maximum absolute atomic E-state index is 12.2. The Labute approximate surface area is 159 Å². The van der Waals surface area contributed by atoms with Gasteiger partial charge >= 0.3 is 6.09 Å². The molecule has 0 aliphatic heterocycles. The zero-order valence-electron chi connectivity index (χ0n) is 16.0. The van der Waals surface area contributed by atoms with Crippen molar-refractivity contribution in [3.8, 4) is 0 Å². The predicted molar refractivity (Wildman–Crippen MR) is 101 cm³/mol. The van der Waals surface area contributed by atoms with Gasteiger partial charge in [0.15, 0.2) is 5.78 Å². The van der Waals surface area contributed by atoms with E-state index < -0.39 is 11.7 Å². The predicted octanol–water partition coefficient (Wildman–Crippen LogP) is 3.67. The van der Waals surface area contributed by atoms with E-state index in [1.54, 1.807) is 59.0 Å². The van der Waals surface area contributed by atoms with Crippen molar-refractivity contribution in [1.82, 2.24) is 10.2 Å². The number of hydrogen-bond acceptors (Lipinski definition) is 4. The molecule has 6 nitrogen and oxygen atoms in total. The van der Waals surface area contributed by atoms with Crippen molar-refractivity contribution < 1.29 is 19.1 Å². The number of nitrogens with one attached hydrogen (secondary N) is 1. The maximum Gasteiger partial charge on any atom is 0.407 e. The number of Topliss-reactive ketones (excluding diaryl/α,β-unsaturated/α-hetero) is 1. The third-order valence-electron chi connectivity index (χ3n) is 3.48. The van der Waals surface area contributed by atoms with E-state index in [0.29, 0.717) is 17.1 Å². The molecule has 144 valence electrons. The van der Waals surface area contributed by atoms with Gasteiger partial charge in [0.05, 0.1) is 5.02 Å². The molecular weight excluding hydrogens is 356 g/mol. The average Bonchev–Trinajstić information content (AvgIpc) is 2.50. The van der Waals surface area contributed by atoms with Crippen molar-refractivity contribution >= 4 is 29.4 Å². The highest BCUT2D eigenvalue weighted by atomic mass is 35.5. The molecule has 26 heavy (non-hydrogen) atoms. The molecule has 0 aliphatic carbocycles. The van der Waals surface area contributed by atoms with Crippen LogP contribution in [-0.2, 0) is 9.53 Å². The van der Waals surface area contributed by atoms with Crippen LogP contribution in [-0.4, -0.2) is 47.9 Å². The van der Waals surface area contributed by atoms with E-state index in [4.69, 9.17) is 16.3 Å². The number of likely N-dealkylation sites (N-methyl/N-ethyl adjacent to an activating group) is 1. The minimum absolute atomic E-state index is 0.0830. The molecule has 0 aromatic heterocycles. The standard InChI is InChI=1S/C19H27ClN2O4/c1-13(21-18(25)26-19(2,3)4)12-22(5)17(24)11-10-16(23)14-8-6-7-9-15(14)20/h6-9,13H,10-12H2,1-5H3,(H,21,25). The van der Waals surface area contributed by atoms with Crippen LogP contribution < -0.4 is 5.32 Å². The summed E-state index contributed by atoms with van der Waals surface area (Å²) in [6, 6.07) is 6.49. The minimum Gasteiger partial charge on any atom is -0.444 e. The summed E-state index contributed by atoms with van der Waals surface area (Å²) in [5, 5.41) is 3.06. The van der Waals surface area contributed by atoms with E-state index in [1.165, 1.54) is 4.90 Å². The van der Waals surface area contributed by atoms with Gasteiger partial charge in [0.25, 0.3) is 0 Å². The molecule has 0 spiro atoms. The normalized spacial score (nSPS) is 12.2. The Morgan fingerprint density at radius 3 is 2.38 bits per heavy atom. The molecular formula is C19H27ClN2O4. The van der Waals surface area contributed by atoms with Gasteiger partial charge < -0.3 is 15.0 Å². The lowest BCUT2D eigenvalue weighted by molar-refractivity contribution is -0.130. The molecule has 0 saturated carbocycles. The summed E-state index contributed by atoms with van der Waals surface area (Å²) >= 11 is 5.99. The van der Waals surface area contributed by atoms with Crippen LogP contribution in [0.3, 0.4) is 0 Å². The fourth-order valence-corrected chi connectivity index (χ4v) is 2.54. The number of amides is 2. The maximum atomic E-state index is 12.2. The van der Waals surface area contributed by atoms with Crippen molar-refractivity contribution in [2.24, 2.45) is 0 Å². The minimum atomic E-state index is -0.579. The van der Waals surface area contributed by atoms with Crippen LogP contribution in [0.15, 0.2) is 24.3 Å². The van der Waals surface area contributed by atoms with Crippen molar-refractivity contribution in [1.29, 1.82) is 0 Å². The van der Waals surface area contributed by atoms with E-state index in [-0.39, 0.29) is 30.6 Å². The van der Waals surface area contributed by atoms with E-state index in [2.05, 4.69) is 5.32 Å². The first-order valence-corrected chi connectivity index (χ1v) is 8.88. The van der Waals surface area contributed by atoms with Gasteiger partial charge in [-0.3, -0.25) is 9.59 Å². The van der Waals surface area contributed by atoms with E-state index in [1.807, 2.05) is 0 Å². The van der Waals surface area contributed by atoms with Crippen LogP contribution >= 0.6 is 11.6 Å². The Morgan fingerprint density at radius 2 is 1.81 bits per heavy atom. The molecule has 1 N–H and O–H groups in total. The third kappa shape index (κ3) is 7.87. The molecule has 1 aromatic rings. The fourth-order valence-electron chi connectivity index (χ4n) is 2.30. The molecule has 0 radical (unpaired) electrons. The number of carbonyl (C=O) groups excluding carboxylic acids is 3. The highest BCUT2D eigenvalue weighted by Gasteiger charge is 2.20. The zero-order valence-corrected chi connectivity index (χ0v) is 16.7. The second-order valence-corrected chi connectivity index (χ2v) is 7.63. The molecule has 0 fully saturated rings. The summed E-state index contributed by atoms with van der Waals surface area (Å²) in [6.07, 6.45) is -0.361. The lowest BCUT2D eigenvalue weighted by atomic mass is 10.1. The van der Waals surface area contributed by atoms with Crippen molar-refractivity contribution in [2.45, 2.75) is 52.2 Å². The number of rotatable bonds is 7. The topological polar surface area (TPSA) is 75.7 Å². The van der Waals surface area contributed by atoms with Gasteiger partial charge in [0.2, 0.25) is 5.91 Å². The number of alkyl carbamates (subject to hydrolysis) is 1. The third-order valence-corrected chi connectivity index (χ3v) is 3.81. The lowest BCUT2D eigenvalue weighted by Crippen LogP contribution is -2.44. The first-order chi connectivity index (χ1) is 12.0. The van der Waals surface area contributed by atoms with Crippen LogP contribution in [0.5, 0.6) is 0 Å². The van der Waals surface area contributed by atoms with Crippen molar-refractivity contribution in [2.75, 3.05) is 13.6 Å². The number of nitrogens with zero attached hydrogens (tertiary/aromatic N) is 1. The largest absolute Gasteiger partial charge is 0.444 e. The Hall–Kier alpha value is -2.08. The number of halogens is 1. The molecule has 1 unspecified atom stereocenters. The summed E-state index contributed by atoms with van der Waals surface area (Å²) in [5.41, 5.74) is -0.158. The molecule has 0 saturated heterocycles. The van der Waals surface area contributed by atoms with Gasteiger partial charge in [-0.25, -0.2) is 4.79 Å². The van der Waals surface area contributed by atoms with Gasteiger partial charge in [0, 0.05) is 38.0 Å². The second kappa shape index (κ2) is 9.57. The van der Waals surface area contributed by atoms with E-state index >= 15 is 0 Å². The first-order valence-electron chi connectivity index (χ1n) is 8.51. The molecule has 1 aromatic carbocycles. The Kier molecular flexibility index (Phi) is 8.08. The SMILES string of the molecule is CC(CN(C)C(=O)CCC(=O)c1ccccc1Cl)NC(=O)OC(C)(C)C. The van der Waals surface area contributed by atoms with Crippen LogP contribution in [0.4, 0.5) is 4.79 Å². The summed E-state index contributed by atoms with van der Waals surface area (Å²) in [5.74, 6) is -0.347. The highest BCUT2D eigenvalue weighted by Crippen LogP contribution is 2.17. The van der Waals surface area contributed by atoms with Crippen LogP contribution in [0.1, 0.15) is 50.9 Å². The molecule has 0 aliphatic rings. The number of carbonyl (C=O) groups is 3. The van der Waals surface area contributed by atoms with Gasteiger partial charge in [-0.1, -0.05) is 23.7 Å². The molecule has 0 heterocycles. The van der Waals surface area contributed by atoms with Crippen LogP contribution in [0.2, 0.25) is 5.02 Å². The quantitative estimate of drug-likeness (QED) is 0.730. The van der Waals surface area contributed by atoms with Crippen LogP contribution in [0.25, 0.3) is 0 Å². The molecule has 1 atom stereocenters. The Bertz CT molecular complexity index is 655. The van der Waals surface area contributed by atoms with E-state index in [0.717, 1.165) is 0 Å². The summed E-state index contributed by atoms with van der Waals surface area (Å²) in [7, 11) is 1.63. The number of benzene rings is 1. The van der Waals surface area contributed by atoms with Gasteiger partial charge in [-0.15, -0.1) is 0 Å². The van der Waals surface area contributed by atoms with Gasteiger partial charge in [0.1, 0.15) is 5.60 Å². The second-order valence-electron chi connectivity index (χ2n) is 7.22. The molecule has 2 amide bonds. The van der Waals surface area contributed by atoms with Gasteiger partial charge in [-0.05, 0) is 39.8 Å². The first kappa shape index (κ1) is 22.0. The zero-order chi connectivity index (χ0) is 19.9. The summed E-state index contributed by atoms with van der Waals surface area (Å²) in [6.45, 7) is 7.44. The Morgan fingerprint density at radius 1 is 1.19 bits per heavy atom. The van der Waals surface area contributed by atoms with Crippen molar-refractivity contribution in [3.05, 3.63) is 34.9 Å². The summed E-state index contributed by atoms with van der Waals surface area (Å²) < 4.78 is 5.18. The number of hydrogen-bond donors (Lipinski definition) is 1. The monoisotopic (exact) mass is 382 g/mol. The smallest absolute Gasteiger partial charge is 0.407 e. The molecule has 0 bridgehead atoms. The van der Waals surface area contributed by atoms with E-state index in [9.17, 15) is 14.4 Å². The van der Waals surface area contributed by atoms with Gasteiger partial charge in [-0.2, -0.15) is 0 Å². The average molecular weight is 383 g/mol. The highest BCUT2D eigenvalue weighted by molar-refractivity contribution is 6.34. The fraction of sp³-hybridized carbons (Fsp3) is 0.526. The van der Waals surface area contributed by atoms with Crippen LogP contribution in [0, 0.1) is 0 Å². The number of ether oxygens (including phenoxy) is 1. The lowest BCUT2D eigenvalue weighted by Gasteiger charge is -2.25. The Balaban J connectivity index is 2.44. The summed E-state index contributed by atoms with van der Waals surface area (Å²) in [4.78, 5) is 37.6. The van der Waals surface area contributed by atoms with Crippen molar-refractivity contribution in [3.63, 3.8) is 0 Å². The molecule has 1 rings (SSSR count).